The lowest BCUT2D eigenvalue weighted by Gasteiger charge is -2.60. The molecule has 1 aromatic carbocycles. The molecular weight excluding hydrogens is 320 g/mol. The molecule has 0 aromatic heterocycles. The number of nitrogens with two attached hydrogens (primary N) is 1. The molecule has 4 bridgehead atoms. The Morgan fingerprint density at radius 2 is 1.76 bits per heavy atom. The highest BCUT2D eigenvalue weighted by atomic mass is 16.2. The molecule has 0 radical (unpaired) electrons. The lowest BCUT2D eigenvalue weighted by atomic mass is 9.90. The Morgan fingerprint density at radius 1 is 1.12 bits per heavy atom. The molecule has 1 aromatic rings. The Balaban J connectivity index is 1.37. The Bertz CT molecular complexity index is 728. The first-order valence-corrected chi connectivity index (χ1v) is 8.65. The van der Waals surface area contributed by atoms with E-state index in [9.17, 15) is 9.59 Å². The van der Waals surface area contributed by atoms with Crippen molar-refractivity contribution in [3.63, 3.8) is 0 Å². The monoisotopic (exact) mass is 342 g/mol. The summed E-state index contributed by atoms with van der Waals surface area (Å²) in [7, 11) is 0. The summed E-state index contributed by atoms with van der Waals surface area (Å²) in [6, 6.07) is 5.89. The maximum Gasteiger partial charge on any atom is 0.254 e. The molecule has 5 aliphatic heterocycles. The maximum absolute atomic E-state index is 12.3. The molecule has 2 amide bonds. The van der Waals surface area contributed by atoms with Crippen molar-refractivity contribution in [2.75, 3.05) is 51.5 Å². The maximum atomic E-state index is 12.3. The smallest absolute Gasteiger partial charge is 0.254 e. The summed E-state index contributed by atoms with van der Waals surface area (Å²) < 4.78 is 0. The van der Waals surface area contributed by atoms with Crippen molar-refractivity contribution in [2.45, 2.75) is 12.1 Å². The second-order valence-electron chi connectivity index (χ2n) is 7.82. The molecule has 5 aliphatic rings. The number of rotatable bonds is 4. The van der Waals surface area contributed by atoms with Gasteiger partial charge < -0.3 is 16.0 Å². The van der Waals surface area contributed by atoms with Crippen molar-refractivity contribution in [1.29, 1.82) is 0 Å². The predicted octanol–water partition coefficient (Wildman–Crippen LogP) is -0.902. The number of hydrogen-bond acceptors (Lipinski definition) is 6. The average molecular weight is 342 g/mol. The van der Waals surface area contributed by atoms with Crippen molar-refractivity contribution in [3.05, 3.63) is 29.3 Å². The van der Waals surface area contributed by atoms with E-state index in [0.717, 1.165) is 50.9 Å². The van der Waals surface area contributed by atoms with E-state index in [1.807, 2.05) is 18.2 Å². The van der Waals surface area contributed by atoms with E-state index in [2.05, 4.69) is 20.0 Å². The SMILES string of the molecule is NC(=O)CN1Cc2cc(NC34CN5CN(CN(C5)C3)C4)ccc2C1=O. The van der Waals surface area contributed by atoms with E-state index in [1.165, 1.54) is 4.90 Å². The molecule has 3 N–H and O–H groups in total. The van der Waals surface area contributed by atoms with Gasteiger partial charge in [-0.3, -0.25) is 24.3 Å². The third kappa shape index (κ3) is 2.48. The first-order valence-electron chi connectivity index (χ1n) is 8.65. The van der Waals surface area contributed by atoms with Crippen LogP contribution in [0, 0.1) is 0 Å². The summed E-state index contributed by atoms with van der Waals surface area (Å²) >= 11 is 0. The highest BCUT2D eigenvalue weighted by Gasteiger charge is 2.48. The van der Waals surface area contributed by atoms with E-state index in [-0.39, 0.29) is 18.0 Å². The number of amides is 2. The summed E-state index contributed by atoms with van der Waals surface area (Å²) in [4.78, 5) is 32.4. The second-order valence-corrected chi connectivity index (χ2v) is 7.82. The standard InChI is InChI=1S/C17H22N6O2/c18-15(24)5-23-4-12-3-13(1-2-14(12)16(23)25)19-17-6-20-9-21(7-17)11-22(8-17)10-20/h1-3,19H,4-11H2,(H2,18,24). The molecule has 0 unspecified atom stereocenters. The van der Waals surface area contributed by atoms with E-state index in [0.29, 0.717) is 12.1 Å². The molecule has 6 rings (SSSR count). The summed E-state index contributed by atoms with van der Waals surface area (Å²) in [5.41, 5.74) is 7.95. The Labute approximate surface area is 146 Å². The van der Waals surface area contributed by atoms with Crippen molar-refractivity contribution in [1.82, 2.24) is 19.6 Å². The van der Waals surface area contributed by atoms with Crippen molar-refractivity contribution >= 4 is 17.5 Å². The number of primary amides is 1. The predicted molar refractivity (Wildman–Crippen MR) is 91.4 cm³/mol. The second kappa shape index (κ2) is 5.17. The van der Waals surface area contributed by atoms with Gasteiger partial charge in [0, 0.05) is 37.4 Å². The zero-order chi connectivity index (χ0) is 17.2. The number of fused-ring (bicyclic) bond motifs is 1. The van der Waals surface area contributed by atoms with Gasteiger partial charge in [0.05, 0.1) is 32.1 Å². The molecule has 8 heteroatoms. The molecule has 4 saturated heterocycles. The van der Waals surface area contributed by atoms with Gasteiger partial charge in [0.1, 0.15) is 0 Å². The Kier molecular flexibility index (Phi) is 3.13. The Morgan fingerprint density at radius 3 is 2.36 bits per heavy atom. The van der Waals surface area contributed by atoms with Crippen LogP contribution in [0.25, 0.3) is 0 Å². The van der Waals surface area contributed by atoms with Gasteiger partial charge in [-0.15, -0.1) is 0 Å². The number of carbonyl (C=O) groups excluding carboxylic acids is 2. The van der Waals surface area contributed by atoms with Crippen LogP contribution in [0.3, 0.4) is 0 Å². The van der Waals surface area contributed by atoms with E-state index < -0.39 is 5.91 Å². The largest absolute Gasteiger partial charge is 0.376 e. The minimum Gasteiger partial charge on any atom is -0.376 e. The van der Waals surface area contributed by atoms with Crippen molar-refractivity contribution in [2.24, 2.45) is 5.73 Å². The summed E-state index contributed by atoms with van der Waals surface area (Å²) in [5, 5.41) is 3.74. The number of nitrogens with one attached hydrogen (secondary N) is 1. The quantitative estimate of drug-likeness (QED) is 0.738. The number of anilines is 1. The molecule has 0 saturated carbocycles. The molecule has 25 heavy (non-hydrogen) atoms. The summed E-state index contributed by atoms with van der Waals surface area (Å²) in [6.07, 6.45) is 0. The molecule has 5 heterocycles. The minimum absolute atomic E-state index is 0.0287. The van der Waals surface area contributed by atoms with Crippen LogP contribution in [0.15, 0.2) is 18.2 Å². The first-order chi connectivity index (χ1) is 12.0. The van der Waals surface area contributed by atoms with Crippen molar-refractivity contribution < 1.29 is 9.59 Å². The number of nitrogens with zero attached hydrogens (tertiary/aromatic N) is 4. The number of carbonyl (C=O) groups is 2. The van der Waals surface area contributed by atoms with E-state index >= 15 is 0 Å². The van der Waals surface area contributed by atoms with Crippen LogP contribution < -0.4 is 11.1 Å². The topological polar surface area (TPSA) is 85.2 Å². The average Bonchev–Trinajstić information content (AvgIpc) is 2.80. The van der Waals surface area contributed by atoms with Gasteiger partial charge in [0.2, 0.25) is 5.91 Å². The minimum atomic E-state index is -0.481. The van der Waals surface area contributed by atoms with Crippen LogP contribution in [0.1, 0.15) is 15.9 Å². The summed E-state index contributed by atoms with van der Waals surface area (Å²) in [5.74, 6) is -0.594. The molecule has 0 atom stereocenters. The highest BCUT2D eigenvalue weighted by molar-refractivity contribution is 6.00. The lowest BCUT2D eigenvalue weighted by Crippen LogP contribution is -2.78. The highest BCUT2D eigenvalue weighted by Crippen LogP contribution is 2.33. The number of benzene rings is 1. The third-order valence-corrected chi connectivity index (χ3v) is 5.52. The van der Waals surface area contributed by atoms with Crippen LogP contribution in [0.4, 0.5) is 5.69 Å². The number of hydrogen-bond donors (Lipinski definition) is 2. The van der Waals surface area contributed by atoms with Gasteiger partial charge in [-0.1, -0.05) is 0 Å². The van der Waals surface area contributed by atoms with Gasteiger partial charge >= 0.3 is 0 Å². The first kappa shape index (κ1) is 15.1. The fourth-order valence-corrected chi connectivity index (χ4v) is 4.92. The zero-order valence-corrected chi connectivity index (χ0v) is 14.1. The normalized spacial score (nSPS) is 35.1. The third-order valence-electron chi connectivity index (χ3n) is 5.52. The molecule has 0 aliphatic carbocycles. The molecule has 0 spiro atoms. The van der Waals surface area contributed by atoms with Gasteiger partial charge in [-0.2, -0.15) is 0 Å². The van der Waals surface area contributed by atoms with Crippen LogP contribution in [-0.4, -0.2) is 83.1 Å². The van der Waals surface area contributed by atoms with E-state index in [1.54, 1.807) is 0 Å². The summed E-state index contributed by atoms with van der Waals surface area (Å²) in [6.45, 7) is 6.72. The van der Waals surface area contributed by atoms with E-state index in [4.69, 9.17) is 5.73 Å². The Hall–Kier alpha value is -2.16. The van der Waals surface area contributed by atoms with Crippen LogP contribution in [0.2, 0.25) is 0 Å². The molecular formula is C17H22N6O2. The lowest BCUT2D eigenvalue weighted by molar-refractivity contribution is -0.134. The zero-order valence-electron chi connectivity index (χ0n) is 14.1. The van der Waals surface area contributed by atoms with Gasteiger partial charge in [-0.05, 0) is 23.8 Å². The molecule has 132 valence electrons. The van der Waals surface area contributed by atoms with Crippen LogP contribution >= 0.6 is 0 Å². The fraction of sp³-hybridized carbons (Fsp3) is 0.529. The van der Waals surface area contributed by atoms with Crippen LogP contribution in [-0.2, 0) is 11.3 Å². The van der Waals surface area contributed by atoms with Gasteiger partial charge in [-0.25, -0.2) is 0 Å². The fourth-order valence-electron chi connectivity index (χ4n) is 4.92. The molecule has 4 fully saturated rings. The van der Waals surface area contributed by atoms with Gasteiger partial charge in [0.15, 0.2) is 0 Å². The molecule has 8 nitrogen and oxygen atoms in total. The van der Waals surface area contributed by atoms with Gasteiger partial charge in [0.25, 0.3) is 5.91 Å². The van der Waals surface area contributed by atoms with Crippen LogP contribution in [0.5, 0.6) is 0 Å². The van der Waals surface area contributed by atoms with Crippen molar-refractivity contribution in [3.8, 4) is 0 Å².